The molecular weight excluding hydrogens is 381 g/mol. The Morgan fingerprint density at radius 1 is 1.06 bits per heavy atom. The maximum absolute atomic E-state index is 13.5. The summed E-state index contributed by atoms with van der Waals surface area (Å²) in [6.45, 7) is 2.68. The molecule has 3 nitrogen and oxygen atoms in total. The smallest absolute Gasteiger partial charge is 0.326 e. The van der Waals surface area contributed by atoms with Crippen LogP contribution in [-0.2, 0) is 6.54 Å². The SMILES string of the molecule is CC(C(=O)c1cccc2ccc([B]O)cc12)C1CCCC(c2cccc(CN)c2)CC1. The van der Waals surface area contributed by atoms with Crippen molar-refractivity contribution in [2.75, 3.05) is 0 Å². The van der Waals surface area contributed by atoms with Crippen LogP contribution < -0.4 is 11.2 Å². The number of fused-ring (bicyclic) bond motifs is 1. The van der Waals surface area contributed by atoms with Gasteiger partial charge in [0.25, 0.3) is 0 Å². The van der Waals surface area contributed by atoms with E-state index in [1.54, 1.807) is 0 Å². The second-order valence-electron chi connectivity index (χ2n) is 8.98. The summed E-state index contributed by atoms with van der Waals surface area (Å²) < 4.78 is 0. The van der Waals surface area contributed by atoms with Gasteiger partial charge in [-0.05, 0) is 59.4 Å². The highest BCUT2D eigenvalue weighted by Crippen LogP contribution is 2.38. The highest BCUT2D eigenvalue weighted by Gasteiger charge is 2.29. The van der Waals surface area contributed by atoms with Crippen molar-refractivity contribution in [1.29, 1.82) is 0 Å². The number of rotatable bonds is 6. The van der Waals surface area contributed by atoms with Gasteiger partial charge in [0.2, 0.25) is 0 Å². The summed E-state index contributed by atoms with van der Waals surface area (Å²) in [5, 5.41) is 11.4. The molecule has 0 amide bonds. The van der Waals surface area contributed by atoms with E-state index in [0.29, 0.717) is 18.4 Å². The molecule has 0 aromatic heterocycles. The van der Waals surface area contributed by atoms with E-state index < -0.39 is 0 Å². The van der Waals surface area contributed by atoms with Crippen LogP contribution in [0.5, 0.6) is 0 Å². The number of carbonyl (C=O) groups is 1. The molecule has 1 saturated carbocycles. The third-order valence-corrected chi connectivity index (χ3v) is 7.11. The van der Waals surface area contributed by atoms with Crippen molar-refractivity contribution < 1.29 is 9.82 Å². The molecule has 3 N–H and O–H groups in total. The first-order valence-corrected chi connectivity index (χ1v) is 11.4. The van der Waals surface area contributed by atoms with Crippen LogP contribution in [0.4, 0.5) is 0 Å². The first kappa shape index (κ1) is 21.8. The molecule has 3 atom stereocenters. The van der Waals surface area contributed by atoms with Crippen molar-refractivity contribution >= 4 is 29.5 Å². The average Bonchev–Trinajstić information content (AvgIpc) is 3.09. The third kappa shape index (κ3) is 4.76. The van der Waals surface area contributed by atoms with Crippen LogP contribution in [0, 0.1) is 11.8 Å². The summed E-state index contributed by atoms with van der Waals surface area (Å²) in [5.74, 6) is 1.16. The summed E-state index contributed by atoms with van der Waals surface area (Å²) in [6, 6.07) is 20.3. The zero-order chi connectivity index (χ0) is 21.8. The van der Waals surface area contributed by atoms with Crippen LogP contribution in [0.1, 0.15) is 66.4 Å². The van der Waals surface area contributed by atoms with E-state index in [4.69, 9.17) is 5.73 Å². The van der Waals surface area contributed by atoms with Crippen LogP contribution in [-0.4, -0.2) is 18.3 Å². The molecule has 0 saturated heterocycles. The second kappa shape index (κ2) is 9.80. The van der Waals surface area contributed by atoms with Crippen LogP contribution in [0.15, 0.2) is 60.7 Å². The van der Waals surface area contributed by atoms with E-state index in [1.807, 2.05) is 36.4 Å². The minimum Gasteiger partial charge on any atom is -0.450 e. The van der Waals surface area contributed by atoms with E-state index in [-0.39, 0.29) is 11.7 Å². The summed E-state index contributed by atoms with van der Waals surface area (Å²) in [5.41, 5.74) is 9.91. The zero-order valence-electron chi connectivity index (χ0n) is 18.3. The fraction of sp³-hybridized carbons (Fsp3) is 0.370. The molecule has 0 heterocycles. The first-order valence-electron chi connectivity index (χ1n) is 11.4. The van der Waals surface area contributed by atoms with E-state index in [1.165, 1.54) is 17.5 Å². The molecule has 159 valence electrons. The third-order valence-electron chi connectivity index (χ3n) is 7.11. The number of hydrogen-bond donors (Lipinski definition) is 2. The average molecular weight is 412 g/mol. The predicted octanol–water partition coefficient (Wildman–Crippen LogP) is 4.72. The van der Waals surface area contributed by atoms with Gasteiger partial charge in [0.15, 0.2) is 5.78 Å². The number of Topliss-reactive ketones (excluding diaryl/α,β-unsaturated/α-hetero) is 1. The maximum Gasteiger partial charge on any atom is 0.326 e. The summed E-state index contributed by atoms with van der Waals surface area (Å²) in [7, 11) is 1.09. The van der Waals surface area contributed by atoms with Gasteiger partial charge in [-0.3, -0.25) is 4.79 Å². The van der Waals surface area contributed by atoms with Crippen molar-refractivity contribution in [3.8, 4) is 0 Å². The standard InChI is InChI=1S/C27H31BNO2/c1-18(27(30)25-10-4-8-22-13-14-24(28-31)16-26(22)25)20-6-3-7-21(12-11-20)23-9-2-5-19(15-23)17-29/h2,4-5,8-10,13-16,18,20-21,31H,3,6-7,11-12,17,29H2,1H3. The lowest BCUT2D eigenvalue weighted by molar-refractivity contribution is 0.0879. The van der Waals surface area contributed by atoms with E-state index in [2.05, 4.69) is 31.2 Å². The monoisotopic (exact) mass is 412 g/mol. The van der Waals surface area contributed by atoms with Gasteiger partial charge in [0, 0.05) is 18.0 Å². The Labute approximate surface area is 185 Å². The highest BCUT2D eigenvalue weighted by atomic mass is 16.2. The van der Waals surface area contributed by atoms with Crippen LogP contribution >= 0.6 is 0 Å². The van der Waals surface area contributed by atoms with Crippen molar-refractivity contribution in [1.82, 2.24) is 0 Å². The lowest BCUT2D eigenvalue weighted by atomic mass is 9.80. The minimum atomic E-state index is -0.0125. The molecule has 1 fully saturated rings. The van der Waals surface area contributed by atoms with Crippen molar-refractivity contribution in [2.24, 2.45) is 17.6 Å². The van der Waals surface area contributed by atoms with Gasteiger partial charge >= 0.3 is 7.48 Å². The molecule has 3 aromatic carbocycles. The highest BCUT2D eigenvalue weighted by molar-refractivity contribution is 6.46. The number of ketones is 1. The lowest BCUT2D eigenvalue weighted by Gasteiger charge is -2.22. The van der Waals surface area contributed by atoms with Gasteiger partial charge in [-0.15, -0.1) is 0 Å². The minimum absolute atomic E-state index is 0.0125. The van der Waals surface area contributed by atoms with Crippen LogP contribution in [0.3, 0.4) is 0 Å². The fourth-order valence-corrected chi connectivity index (χ4v) is 5.18. The normalized spacial score (nSPS) is 20.2. The summed E-state index contributed by atoms with van der Waals surface area (Å²) >= 11 is 0. The molecule has 4 rings (SSSR count). The molecule has 0 bridgehead atoms. The Morgan fingerprint density at radius 3 is 2.71 bits per heavy atom. The lowest BCUT2D eigenvalue weighted by Crippen LogP contribution is -2.22. The Morgan fingerprint density at radius 2 is 1.90 bits per heavy atom. The van der Waals surface area contributed by atoms with Crippen molar-refractivity contribution in [2.45, 2.75) is 51.5 Å². The van der Waals surface area contributed by atoms with Gasteiger partial charge in [0.05, 0.1) is 0 Å². The molecule has 0 aliphatic heterocycles. The second-order valence-corrected chi connectivity index (χ2v) is 8.98. The van der Waals surface area contributed by atoms with Gasteiger partial charge in [0.1, 0.15) is 0 Å². The predicted molar refractivity (Wildman–Crippen MR) is 129 cm³/mol. The zero-order valence-corrected chi connectivity index (χ0v) is 18.3. The van der Waals surface area contributed by atoms with Crippen LogP contribution in [0.25, 0.3) is 10.8 Å². The molecule has 4 heteroatoms. The van der Waals surface area contributed by atoms with Gasteiger partial charge in [-0.1, -0.05) is 79.5 Å². The van der Waals surface area contributed by atoms with Gasteiger partial charge in [-0.25, -0.2) is 0 Å². The molecular formula is C27H31BNO2. The van der Waals surface area contributed by atoms with E-state index in [9.17, 15) is 9.82 Å². The van der Waals surface area contributed by atoms with Crippen molar-refractivity contribution in [3.63, 3.8) is 0 Å². The number of hydrogen-bond acceptors (Lipinski definition) is 3. The van der Waals surface area contributed by atoms with E-state index in [0.717, 1.165) is 55.0 Å². The molecule has 31 heavy (non-hydrogen) atoms. The van der Waals surface area contributed by atoms with Crippen LogP contribution in [0.2, 0.25) is 0 Å². The van der Waals surface area contributed by atoms with Gasteiger partial charge in [-0.2, -0.15) is 0 Å². The molecule has 3 unspecified atom stereocenters. The number of carbonyl (C=O) groups excluding carboxylic acids is 1. The van der Waals surface area contributed by atoms with Crippen molar-refractivity contribution in [3.05, 3.63) is 77.4 Å². The molecule has 1 aliphatic carbocycles. The Kier molecular flexibility index (Phi) is 6.89. The number of benzene rings is 3. The first-order chi connectivity index (χ1) is 15.1. The fourth-order valence-electron chi connectivity index (χ4n) is 5.18. The molecule has 1 radical (unpaired) electrons. The Bertz CT molecular complexity index is 1060. The molecule has 3 aromatic rings. The molecule has 0 spiro atoms. The largest absolute Gasteiger partial charge is 0.450 e. The Balaban J connectivity index is 1.51. The topological polar surface area (TPSA) is 63.3 Å². The number of nitrogens with two attached hydrogens (primary N) is 1. The molecule has 1 aliphatic rings. The van der Waals surface area contributed by atoms with Gasteiger partial charge < -0.3 is 10.8 Å². The summed E-state index contributed by atoms with van der Waals surface area (Å²) in [6.07, 6.45) is 5.62. The Hall–Kier alpha value is -2.43. The van der Waals surface area contributed by atoms with E-state index >= 15 is 0 Å². The maximum atomic E-state index is 13.5. The summed E-state index contributed by atoms with van der Waals surface area (Å²) in [4.78, 5) is 13.5. The quantitative estimate of drug-likeness (QED) is 0.350.